The summed E-state index contributed by atoms with van der Waals surface area (Å²) in [4.78, 5) is 16.7. The van der Waals surface area contributed by atoms with Crippen LogP contribution in [-0.4, -0.2) is 24.0 Å². The van der Waals surface area contributed by atoms with Crippen LogP contribution in [0.5, 0.6) is 11.5 Å². The molecule has 0 amide bonds. The van der Waals surface area contributed by atoms with Crippen LogP contribution in [0.3, 0.4) is 0 Å². The number of fused-ring (bicyclic) bond motifs is 2. The van der Waals surface area contributed by atoms with Crippen molar-refractivity contribution in [1.82, 2.24) is 4.98 Å². The van der Waals surface area contributed by atoms with E-state index in [-0.39, 0.29) is 5.78 Å². The van der Waals surface area contributed by atoms with Crippen LogP contribution in [0, 0.1) is 0 Å². The molecule has 0 saturated heterocycles. The van der Waals surface area contributed by atoms with Gasteiger partial charge in [0.05, 0.1) is 9.58 Å². The Hall–Kier alpha value is -2.40. The van der Waals surface area contributed by atoms with Gasteiger partial charge in [-0.05, 0) is 30.7 Å². The summed E-state index contributed by atoms with van der Waals surface area (Å²) in [5.41, 5.74) is 2.01. The molecular formula is C17H13NO3S. The van der Waals surface area contributed by atoms with Crippen LogP contribution in [0.1, 0.15) is 16.6 Å². The third kappa shape index (κ3) is 2.14. The molecule has 1 aliphatic rings. The van der Waals surface area contributed by atoms with Crippen LogP contribution in [0.25, 0.3) is 21.2 Å². The van der Waals surface area contributed by atoms with Gasteiger partial charge >= 0.3 is 0 Å². The van der Waals surface area contributed by atoms with Gasteiger partial charge in [-0.15, -0.1) is 11.3 Å². The first-order chi connectivity index (χ1) is 10.7. The number of ether oxygens (including phenoxy) is 2. The molecule has 0 N–H and O–H groups in total. The lowest BCUT2D eigenvalue weighted by atomic mass is 10.0. The van der Waals surface area contributed by atoms with Crippen molar-refractivity contribution in [2.45, 2.75) is 6.92 Å². The second-order valence-corrected chi connectivity index (χ2v) is 6.21. The van der Waals surface area contributed by atoms with Gasteiger partial charge in [0.2, 0.25) is 0 Å². The van der Waals surface area contributed by atoms with E-state index in [1.807, 2.05) is 30.5 Å². The maximum absolute atomic E-state index is 11.6. The van der Waals surface area contributed by atoms with E-state index in [0.29, 0.717) is 13.2 Å². The number of ketones is 1. The van der Waals surface area contributed by atoms with E-state index in [9.17, 15) is 4.79 Å². The summed E-state index contributed by atoms with van der Waals surface area (Å²) < 4.78 is 12.2. The van der Waals surface area contributed by atoms with E-state index in [2.05, 4.69) is 4.98 Å². The van der Waals surface area contributed by atoms with Crippen LogP contribution in [0.4, 0.5) is 0 Å². The van der Waals surface area contributed by atoms with E-state index < -0.39 is 0 Å². The number of hydrogen-bond donors (Lipinski definition) is 0. The Labute approximate surface area is 131 Å². The van der Waals surface area contributed by atoms with Crippen molar-refractivity contribution in [3.05, 3.63) is 41.5 Å². The summed E-state index contributed by atoms with van der Waals surface area (Å²) >= 11 is 1.48. The Morgan fingerprint density at radius 2 is 1.95 bits per heavy atom. The number of nitrogens with zero attached hydrogens (tertiary/aromatic N) is 1. The van der Waals surface area contributed by atoms with Gasteiger partial charge in [-0.25, -0.2) is 0 Å². The van der Waals surface area contributed by atoms with Crippen LogP contribution < -0.4 is 9.47 Å². The fraction of sp³-hybridized carbons (Fsp3) is 0.176. The van der Waals surface area contributed by atoms with E-state index in [1.165, 1.54) is 11.3 Å². The summed E-state index contributed by atoms with van der Waals surface area (Å²) in [6.07, 6.45) is 3.62. The quantitative estimate of drug-likeness (QED) is 0.673. The molecule has 0 aliphatic carbocycles. The van der Waals surface area contributed by atoms with E-state index in [1.54, 1.807) is 13.1 Å². The lowest BCUT2D eigenvalue weighted by Gasteiger charge is -2.19. The smallest absolute Gasteiger partial charge is 0.169 e. The maximum atomic E-state index is 11.6. The van der Waals surface area contributed by atoms with Crippen molar-refractivity contribution >= 4 is 27.2 Å². The minimum Gasteiger partial charge on any atom is -0.486 e. The highest BCUT2D eigenvalue weighted by Gasteiger charge is 2.15. The van der Waals surface area contributed by atoms with Crippen molar-refractivity contribution in [3.63, 3.8) is 0 Å². The van der Waals surface area contributed by atoms with Crippen LogP contribution in [0.2, 0.25) is 0 Å². The highest BCUT2D eigenvalue weighted by Crippen LogP contribution is 2.38. The molecule has 0 fully saturated rings. The molecule has 5 heteroatoms. The van der Waals surface area contributed by atoms with Gasteiger partial charge in [-0.3, -0.25) is 9.78 Å². The van der Waals surface area contributed by atoms with Gasteiger partial charge in [-0.1, -0.05) is 6.07 Å². The standard InChI is InChI=1S/C17H13NO3S/c1-10(19)16-7-12-13(8-18-9-17(12)22-16)11-2-3-14-15(6-11)21-5-4-20-14/h2-3,6-9H,4-5H2,1H3. The fourth-order valence-corrected chi connectivity index (χ4v) is 3.52. The first-order valence-electron chi connectivity index (χ1n) is 7.01. The molecule has 2 aromatic heterocycles. The Kier molecular flexibility index (Phi) is 3.08. The van der Waals surface area contributed by atoms with Gasteiger partial charge in [-0.2, -0.15) is 0 Å². The second-order valence-electron chi connectivity index (χ2n) is 5.12. The zero-order valence-corrected chi connectivity index (χ0v) is 12.8. The van der Waals surface area contributed by atoms with Crippen molar-refractivity contribution in [2.24, 2.45) is 0 Å². The van der Waals surface area contributed by atoms with E-state index >= 15 is 0 Å². The predicted molar refractivity (Wildman–Crippen MR) is 86.1 cm³/mol. The SMILES string of the molecule is CC(=O)c1cc2c(-c3ccc4c(c3)OCCO4)cncc2s1. The van der Waals surface area contributed by atoms with Crippen molar-refractivity contribution in [1.29, 1.82) is 0 Å². The molecule has 0 spiro atoms. The fourth-order valence-electron chi connectivity index (χ4n) is 2.57. The topological polar surface area (TPSA) is 48.4 Å². The normalized spacial score (nSPS) is 13.3. The lowest BCUT2D eigenvalue weighted by Crippen LogP contribution is -2.15. The maximum Gasteiger partial charge on any atom is 0.169 e. The van der Waals surface area contributed by atoms with Crippen LogP contribution in [-0.2, 0) is 0 Å². The predicted octanol–water partition coefficient (Wildman–Crippen LogP) is 3.94. The van der Waals surface area contributed by atoms with Gasteiger partial charge in [0.25, 0.3) is 0 Å². The van der Waals surface area contributed by atoms with Crippen LogP contribution in [0.15, 0.2) is 36.7 Å². The average Bonchev–Trinajstić information content (AvgIpc) is 2.99. The molecule has 0 saturated carbocycles. The molecule has 4 nitrogen and oxygen atoms in total. The van der Waals surface area contributed by atoms with Crippen molar-refractivity contribution < 1.29 is 14.3 Å². The Morgan fingerprint density at radius 3 is 2.77 bits per heavy atom. The summed E-state index contributed by atoms with van der Waals surface area (Å²) in [5.74, 6) is 1.60. The molecule has 0 bridgehead atoms. The van der Waals surface area contributed by atoms with Crippen LogP contribution >= 0.6 is 11.3 Å². The number of Topliss-reactive ketones (excluding diaryl/α,β-unsaturated/α-hetero) is 1. The number of carbonyl (C=O) groups is 1. The van der Waals surface area contributed by atoms with Gasteiger partial charge < -0.3 is 9.47 Å². The number of pyridine rings is 1. The number of thiophene rings is 1. The number of benzene rings is 1. The molecule has 3 aromatic rings. The third-order valence-corrected chi connectivity index (χ3v) is 4.82. The highest BCUT2D eigenvalue weighted by molar-refractivity contribution is 7.20. The highest BCUT2D eigenvalue weighted by atomic mass is 32.1. The molecule has 22 heavy (non-hydrogen) atoms. The molecule has 1 aliphatic heterocycles. The molecular weight excluding hydrogens is 298 g/mol. The average molecular weight is 311 g/mol. The Morgan fingerprint density at radius 1 is 1.14 bits per heavy atom. The van der Waals surface area contributed by atoms with Crippen molar-refractivity contribution in [3.8, 4) is 22.6 Å². The first-order valence-corrected chi connectivity index (χ1v) is 7.82. The molecule has 3 heterocycles. The largest absolute Gasteiger partial charge is 0.486 e. The summed E-state index contributed by atoms with van der Waals surface area (Å²) in [7, 11) is 0. The first kappa shape index (κ1) is 13.3. The summed E-state index contributed by atoms with van der Waals surface area (Å²) in [6.45, 7) is 2.73. The number of rotatable bonds is 2. The Bertz CT molecular complexity index is 885. The number of aromatic nitrogens is 1. The summed E-state index contributed by atoms with van der Waals surface area (Å²) in [6, 6.07) is 7.82. The van der Waals surface area contributed by atoms with Gasteiger partial charge in [0.1, 0.15) is 13.2 Å². The Balaban J connectivity index is 1.88. The van der Waals surface area contributed by atoms with Gasteiger partial charge in [0, 0.05) is 23.3 Å². The monoisotopic (exact) mass is 311 g/mol. The minimum absolute atomic E-state index is 0.0781. The van der Waals surface area contributed by atoms with Crippen molar-refractivity contribution in [2.75, 3.05) is 13.2 Å². The van der Waals surface area contributed by atoms with E-state index in [0.717, 1.165) is 37.6 Å². The molecule has 0 atom stereocenters. The molecule has 1 aromatic carbocycles. The molecule has 110 valence electrons. The van der Waals surface area contributed by atoms with E-state index in [4.69, 9.17) is 9.47 Å². The number of hydrogen-bond acceptors (Lipinski definition) is 5. The van der Waals surface area contributed by atoms with Gasteiger partial charge in [0.15, 0.2) is 17.3 Å². The zero-order valence-electron chi connectivity index (χ0n) is 12.0. The number of carbonyl (C=O) groups excluding carboxylic acids is 1. The minimum atomic E-state index is 0.0781. The molecule has 0 radical (unpaired) electrons. The second kappa shape index (κ2) is 5.10. The third-order valence-electron chi connectivity index (χ3n) is 3.65. The zero-order chi connectivity index (χ0) is 15.1. The molecule has 4 rings (SSSR count). The molecule has 0 unspecified atom stereocenters. The summed E-state index contributed by atoms with van der Waals surface area (Å²) in [5, 5.41) is 1.04. The lowest BCUT2D eigenvalue weighted by molar-refractivity contribution is 0.102.